The topological polar surface area (TPSA) is 52.9 Å². The van der Waals surface area contributed by atoms with Gasteiger partial charge in [0.15, 0.2) is 0 Å². The molecule has 0 unspecified atom stereocenters. The van der Waals surface area contributed by atoms with E-state index in [2.05, 4.69) is 6.92 Å². The van der Waals surface area contributed by atoms with Gasteiger partial charge in [-0.05, 0) is 13.3 Å². The molecule has 2 rings (SSSR count). The number of nitrogens with zero attached hydrogens (tertiary/aromatic N) is 2. The number of anilines is 1. The minimum absolute atomic E-state index is 0.0856. The van der Waals surface area contributed by atoms with Crippen LogP contribution >= 0.6 is 0 Å². The van der Waals surface area contributed by atoms with E-state index in [1.165, 1.54) is 0 Å². The van der Waals surface area contributed by atoms with Crippen molar-refractivity contribution in [2.45, 2.75) is 33.4 Å². The molecule has 0 radical (unpaired) electrons. The van der Waals surface area contributed by atoms with Crippen LogP contribution in [0.1, 0.15) is 20.3 Å². The second kappa shape index (κ2) is 5.12. The number of nitrogen functional groups attached to an aromatic ring is 1. The van der Waals surface area contributed by atoms with Crippen LogP contribution in [0, 0.1) is 0 Å². The summed E-state index contributed by atoms with van der Waals surface area (Å²) in [5.74, 6) is 0. The van der Waals surface area contributed by atoms with Crippen LogP contribution in [0.3, 0.4) is 0 Å². The van der Waals surface area contributed by atoms with E-state index in [4.69, 9.17) is 5.73 Å². The van der Waals surface area contributed by atoms with Crippen molar-refractivity contribution in [2.24, 2.45) is 0 Å². The zero-order valence-electron chi connectivity index (χ0n) is 10.9. The number of rotatable bonds is 4. The van der Waals surface area contributed by atoms with Crippen LogP contribution < -0.4 is 11.3 Å². The molecule has 4 nitrogen and oxygen atoms in total. The summed E-state index contributed by atoms with van der Waals surface area (Å²) in [7, 11) is 0. The molecule has 0 saturated heterocycles. The van der Waals surface area contributed by atoms with Gasteiger partial charge in [0.25, 0.3) is 5.56 Å². The van der Waals surface area contributed by atoms with Crippen LogP contribution in [0.15, 0.2) is 35.1 Å². The Kier molecular flexibility index (Phi) is 3.55. The fraction of sp³-hybridized carbons (Fsp3) is 0.357. The highest BCUT2D eigenvalue weighted by molar-refractivity contribution is 5.72. The second-order valence-corrected chi connectivity index (χ2v) is 4.27. The highest BCUT2D eigenvalue weighted by atomic mass is 16.1. The van der Waals surface area contributed by atoms with Crippen molar-refractivity contribution >= 4 is 5.69 Å². The van der Waals surface area contributed by atoms with Crippen molar-refractivity contribution < 1.29 is 0 Å². The van der Waals surface area contributed by atoms with Gasteiger partial charge in [-0.25, -0.2) is 4.68 Å². The first kappa shape index (κ1) is 12.5. The normalized spacial score (nSPS) is 10.8. The van der Waals surface area contributed by atoms with E-state index in [-0.39, 0.29) is 5.56 Å². The molecular weight excluding hydrogens is 226 g/mol. The molecule has 0 aliphatic heterocycles. The molecule has 0 aliphatic carbocycles. The number of aromatic nitrogens is 2. The van der Waals surface area contributed by atoms with Gasteiger partial charge in [0.2, 0.25) is 0 Å². The van der Waals surface area contributed by atoms with E-state index in [1.807, 2.05) is 41.9 Å². The number of hydrogen-bond acceptors (Lipinski definition) is 2. The van der Waals surface area contributed by atoms with E-state index >= 15 is 0 Å². The van der Waals surface area contributed by atoms with Crippen molar-refractivity contribution in [1.82, 2.24) is 9.36 Å². The van der Waals surface area contributed by atoms with Gasteiger partial charge in [-0.3, -0.25) is 9.48 Å². The summed E-state index contributed by atoms with van der Waals surface area (Å²) < 4.78 is 3.70. The average Bonchev–Trinajstić information content (AvgIpc) is 2.64. The molecule has 2 N–H and O–H groups in total. The maximum Gasteiger partial charge on any atom is 0.290 e. The molecule has 1 heterocycles. The molecule has 0 fully saturated rings. The highest BCUT2D eigenvalue weighted by Gasteiger charge is 2.17. The van der Waals surface area contributed by atoms with E-state index in [0.29, 0.717) is 12.2 Å². The molecule has 0 atom stereocenters. The van der Waals surface area contributed by atoms with E-state index in [1.54, 1.807) is 4.68 Å². The molecule has 1 aromatic carbocycles. The largest absolute Gasteiger partial charge is 0.392 e. The number of nitrogens with two attached hydrogens (primary N) is 1. The highest BCUT2D eigenvalue weighted by Crippen LogP contribution is 2.24. The number of hydrogen-bond donors (Lipinski definition) is 1. The van der Waals surface area contributed by atoms with Crippen LogP contribution in [0.2, 0.25) is 0 Å². The second-order valence-electron chi connectivity index (χ2n) is 4.27. The van der Waals surface area contributed by atoms with Crippen molar-refractivity contribution in [3.05, 3.63) is 40.7 Å². The minimum atomic E-state index is -0.0856. The summed E-state index contributed by atoms with van der Waals surface area (Å²) in [6.07, 6.45) is 0.914. The SMILES string of the molecule is CCCn1c(=O)c(N)c(-c2ccccc2)n1CC. The quantitative estimate of drug-likeness (QED) is 0.898. The molecule has 0 amide bonds. The van der Waals surface area contributed by atoms with E-state index in [9.17, 15) is 4.79 Å². The monoisotopic (exact) mass is 245 g/mol. The van der Waals surface area contributed by atoms with Crippen LogP contribution in [0.25, 0.3) is 11.3 Å². The molecule has 1 aromatic heterocycles. The van der Waals surface area contributed by atoms with Gasteiger partial charge in [0.05, 0.1) is 5.69 Å². The molecule has 18 heavy (non-hydrogen) atoms. The van der Waals surface area contributed by atoms with Crippen molar-refractivity contribution in [2.75, 3.05) is 5.73 Å². The van der Waals surface area contributed by atoms with Gasteiger partial charge in [0, 0.05) is 18.7 Å². The lowest BCUT2D eigenvalue weighted by atomic mass is 10.1. The third-order valence-electron chi connectivity index (χ3n) is 3.05. The average molecular weight is 245 g/mol. The Bertz CT molecular complexity index is 581. The Balaban J connectivity index is 2.68. The number of benzene rings is 1. The predicted octanol–water partition coefficient (Wildman–Crippen LogP) is 2.33. The summed E-state index contributed by atoms with van der Waals surface area (Å²) in [5.41, 5.74) is 8.07. The zero-order chi connectivity index (χ0) is 13.1. The summed E-state index contributed by atoms with van der Waals surface area (Å²) in [6.45, 7) is 5.51. The van der Waals surface area contributed by atoms with Crippen LogP contribution in [0.5, 0.6) is 0 Å². The summed E-state index contributed by atoms with van der Waals surface area (Å²) in [4.78, 5) is 12.1. The molecule has 0 aliphatic rings. The Morgan fingerprint density at radius 1 is 1.11 bits per heavy atom. The lowest BCUT2D eigenvalue weighted by Crippen LogP contribution is -2.23. The Morgan fingerprint density at radius 2 is 1.78 bits per heavy atom. The van der Waals surface area contributed by atoms with Gasteiger partial charge in [-0.15, -0.1) is 0 Å². The van der Waals surface area contributed by atoms with Crippen molar-refractivity contribution in [3.63, 3.8) is 0 Å². The fourth-order valence-corrected chi connectivity index (χ4v) is 2.27. The van der Waals surface area contributed by atoms with Gasteiger partial charge < -0.3 is 5.73 Å². The summed E-state index contributed by atoms with van der Waals surface area (Å²) in [6, 6.07) is 9.82. The first-order valence-electron chi connectivity index (χ1n) is 6.35. The fourth-order valence-electron chi connectivity index (χ4n) is 2.27. The Morgan fingerprint density at radius 3 is 2.33 bits per heavy atom. The smallest absolute Gasteiger partial charge is 0.290 e. The summed E-state index contributed by atoms with van der Waals surface area (Å²) >= 11 is 0. The van der Waals surface area contributed by atoms with Crippen LogP contribution in [0.4, 0.5) is 5.69 Å². The summed E-state index contributed by atoms with van der Waals surface area (Å²) in [5, 5.41) is 0. The van der Waals surface area contributed by atoms with Gasteiger partial charge in [-0.2, -0.15) is 0 Å². The molecular formula is C14H19N3O. The third kappa shape index (κ3) is 1.94. The molecule has 96 valence electrons. The van der Waals surface area contributed by atoms with E-state index in [0.717, 1.165) is 24.2 Å². The Labute approximate surface area is 107 Å². The molecule has 0 bridgehead atoms. The molecule has 2 aromatic rings. The molecule has 0 spiro atoms. The van der Waals surface area contributed by atoms with Gasteiger partial charge >= 0.3 is 0 Å². The Hall–Kier alpha value is -1.97. The first-order chi connectivity index (χ1) is 8.70. The lowest BCUT2D eigenvalue weighted by molar-refractivity contribution is 0.458. The van der Waals surface area contributed by atoms with Gasteiger partial charge in [-0.1, -0.05) is 37.3 Å². The maximum absolute atomic E-state index is 12.1. The van der Waals surface area contributed by atoms with Crippen molar-refractivity contribution in [1.29, 1.82) is 0 Å². The predicted molar refractivity (Wildman–Crippen MR) is 74.5 cm³/mol. The maximum atomic E-state index is 12.1. The molecule has 4 heteroatoms. The van der Waals surface area contributed by atoms with Gasteiger partial charge in [0.1, 0.15) is 5.69 Å². The molecule has 0 saturated carbocycles. The standard InChI is InChI=1S/C14H19N3O/c1-3-10-17-14(18)12(15)13(16(17)4-2)11-8-6-5-7-9-11/h5-9H,3-4,10,15H2,1-2H3. The lowest BCUT2D eigenvalue weighted by Gasteiger charge is -2.12. The zero-order valence-corrected chi connectivity index (χ0v) is 10.9. The third-order valence-corrected chi connectivity index (χ3v) is 3.05. The van der Waals surface area contributed by atoms with Crippen molar-refractivity contribution in [3.8, 4) is 11.3 Å². The van der Waals surface area contributed by atoms with E-state index < -0.39 is 0 Å². The van der Waals surface area contributed by atoms with Crippen LogP contribution in [-0.2, 0) is 13.1 Å². The minimum Gasteiger partial charge on any atom is -0.392 e. The van der Waals surface area contributed by atoms with Crippen LogP contribution in [-0.4, -0.2) is 9.36 Å². The first-order valence-corrected chi connectivity index (χ1v) is 6.35.